The highest BCUT2D eigenvalue weighted by Gasteiger charge is 2.32. The van der Waals surface area contributed by atoms with Crippen LogP contribution in [0.1, 0.15) is 32.6 Å². The molecule has 0 aliphatic carbocycles. The van der Waals surface area contributed by atoms with E-state index in [4.69, 9.17) is 0 Å². The normalized spacial score (nSPS) is 18.4. The molecular formula is C16H24N4+2. The first-order chi connectivity index (χ1) is 9.81. The van der Waals surface area contributed by atoms with Crippen LogP contribution in [-0.2, 0) is 0 Å². The zero-order valence-electron chi connectivity index (χ0n) is 12.4. The van der Waals surface area contributed by atoms with Crippen LogP contribution in [0.5, 0.6) is 0 Å². The molecule has 1 aliphatic heterocycles. The van der Waals surface area contributed by atoms with Gasteiger partial charge in [-0.2, -0.15) is 0 Å². The molecule has 0 amide bonds. The van der Waals surface area contributed by atoms with E-state index in [0.29, 0.717) is 0 Å². The molecule has 106 valence electrons. The van der Waals surface area contributed by atoms with Crippen LogP contribution in [0.2, 0.25) is 0 Å². The lowest BCUT2D eigenvalue weighted by molar-refractivity contribution is -0.749. The molecule has 4 heteroatoms. The molecule has 0 bridgehead atoms. The average molecular weight is 272 g/mol. The van der Waals surface area contributed by atoms with Crippen molar-refractivity contribution < 1.29 is 9.15 Å². The maximum atomic E-state index is 4.47. The summed E-state index contributed by atoms with van der Waals surface area (Å²) in [5.41, 5.74) is 0.902. The van der Waals surface area contributed by atoms with Crippen molar-refractivity contribution in [1.82, 2.24) is 0 Å². The quantitative estimate of drug-likeness (QED) is 0.413. The molecule has 0 saturated heterocycles. The molecule has 1 aromatic carbocycles. The van der Waals surface area contributed by atoms with E-state index >= 15 is 0 Å². The summed E-state index contributed by atoms with van der Waals surface area (Å²) in [5.74, 6) is 0. The number of hydrogen-bond acceptors (Lipinski definition) is 2. The predicted molar refractivity (Wildman–Crippen MR) is 82.3 cm³/mol. The van der Waals surface area contributed by atoms with Crippen molar-refractivity contribution in [1.29, 1.82) is 0 Å². The highest BCUT2D eigenvalue weighted by atomic mass is 15.4. The SMILES string of the molecule is CCCCCC[N+]1=CC=[N+](C)C1N=Nc1ccccc1. The van der Waals surface area contributed by atoms with Gasteiger partial charge in [0.2, 0.25) is 12.4 Å². The van der Waals surface area contributed by atoms with Crippen molar-refractivity contribution in [2.45, 2.75) is 38.9 Å². The van der Waals surface area contributed by atoms with Gasteiger partial charge >= 0.3 is 6.29 Å². The molecule has 1 unspecified atom stereocenters. The molecule has 1 atom stereocenters. The standard InChI is InChI=1S/C16H24N4/c1-3-4-5-9-12-20-14-13-19(2)16(20)18-17-15-10-7-6-8-11-15/h6-8,10-11,13-14,16H,3-5,9,12H2,1-2H3/q+2. The summed E-state index contributed by atoms with van der Waals surface area (Å²) in [5, 5.41) is 8.80. The maximum absolute atomic E-state index is 4.47. The van der Waals surface area contributed by atoms with Gasteiger partial charge in [0.05, 0.1) is 5.69 Å². The van der Waals surface area contributed by atoms with Gasteiger partial charge in [0, 0.05) is 6.42 Å². The number of azo groups is 1. The second-order valence-electron chi connectivity index (χ2n) is 5.16. The van der Waals surface area contributed by atoms with Gasteiger partial charge in [-0.1, -0.05) is 38.0 Å². The Balaban J connectivity index is 1.92. The van der Waals surface area contributed by atoms with Crippen molar-refractivity contribution in [3.8, 4) is 0 Å². The summed E-state index contributed by atoms with van der Waals surface area (Å²) in [7, 11) is 2.04. The van der Waals surface area contributed by atoms with Crippen LogP contribution in [0, 0.1) is 0 Å². The number of unbranched alkanes of at least 4 members (excludes halogenated alkanes) is 3. The van der Waals surface area contributed by atoms with Crippen molar-refractivity contribution in [3.05, 3.63) is 30.3 Å². The van der Waals surface area contributed by atoms with Crippen LogP contribution < -0.4 is 0 Å². The molecule has 1 aromatic rings. The van der Waals surface area contributed by atoms with E-state index in [1.54, 1.807) is 0 Å². The predicted octanol–water partition coefficient (Wildman–Crippen LogP) is 3.44. The Labute approximate surface area is 121 Å². The van der Waals surface area contributed by atoms with Crippen LogP contribution in [0.3, 0.4) is 0 Å². The van der Waals surface area contributed by atoms with E-state index in [0.717, 1.165) is 12.2 Å². The van der Waals surface area contributed by atoms with Gasteiger partial charge in [-0.05, 0) is 23.7 Å². The molecule has 0 saturated carbocycles. The summed E-state index contributed by atoms with van der Waals surface area (Å²) in [6.45, 7) is 3.28. The fourth-order valence-electron chi connectivity index (χ4n) is 2.25. The van der Waals surface area contributed by atoms with Gasteiger partial charge in [0.25, 0.3) is 0 Å². The molecule has 0 N–H and O–H groups in total. The molecule has 2 rings (SSSR count). The molecule has 0 fully saturated rings. The lowest BCUT2D eigenvalue weighted by Gasteiger charge is -2.02. The van der Waals surface area contributed by atoms with E-state index in [1.807, 2.05) is 37.4 Å². The van der Waals surface area contributed by atoms with E-state index in [-0.39, 0.29) is 6.29 Å². The monoisotopic (exact) mass is 272 g/mol. The van der Waals surface area contributed by atoms with E-state index < -0.39 is 0 Å². The summed E-state index contributed by atoms with van der Waals surface area (Å²) in [6, 6.07) is 9.89. The molecule has 1 aliphatic rings. The minimum absolute atomic E-state index is 0.00293. The largest absolute Gasteiger partial charge is 0.464 e. The minimum Gasteiger partial charge on any atom is -0.150 e. The first kappa shape index (κ1) is 14.6. The van der Waals surface area contributed by atoms with Crippen LogP contribution in [0.4, 0.5) is 5.69 Å². The Bertz CT molecular complexity index is 502. The van der Waals surface area contributed by atoms with Gasteiger partial charge in [-0.15, -0.1) is 14.3 Å². The second kappa shape index (κ2) is 7.68. The van der Waals surface area contributed by atoms with Gasteiger partial charge in [0.15, 0.2) is 6.54 Å². The zero-order valence-corrected chi connectivity index (χ0v) is 12.4. The molecule has 1 heterocycles. The maximum Gasteiger partial charge on any atom is 0.464 e. The Morgan fingerprint density at radius 2 is 1.85 bits per heavy atom. The molecule has 0 radical (unpaired) electrons. The summed E-state index contributed by atoms with van der Waals surface area (Å²) < 4.78 is 4.34. The first-order valence-corrected chi connectivity index (χ1v) is 7.43. The van der Waals surface area contributed by atoms with E-state index in [2.05, 4.69) is 38.7 Å². The minimum atomic E-state index is -0.00293. The van der Waals surface area contributed by atoms with Crippen molar-refractivity contribution in [2.75, 3.05) is 13.6 Å². The second-order valence-corrected chi connectivity index (χ2v) is 5.16. The number of hydrogen-bond donors (Lipinski definition) is 0. The van der Waals surface area contributed by atoms with Gasteiger partial charge < -0.3 is 0 Å². The van der Waals surface area contributed by atoms with Crippen LogP contribution in [0.25, 0.3) is 0 Å². The average Bonchev–Trinajstić information content (AvgIpc) is 2.83. The summed E-state index contributed by atoms with van der Waals surface area (Å²) in [6.07, 6.45) is 9.25. The summed E-state index contributed by atoms with van der Waals surface area (Å²) in [4.78, 5) is 0. The van der Waals surface area contributed by atoms with E-state index in [9.17, 15) is 0 Å². The lowest BCUT2D eigenvalue weighted by atomic mass is 10.2. The number of nitrogens with zero attached hydrogens (tertiary/aromatic N) is 4. The Morgan fingerprint density at radius 3 is 2.60 bits per heavy atom. The Kier molecular flexibility index (Phi) is 5.59. The molecule has 0 aromatic heterocycles. The molecule has 4 nitrogen and oxygen atoms in total. The first-order valence-electron chi connectivity index (χ1n) is 7.43. The van der Waals surface area contributed by atoms with Crippen molar-refractivity contribution in [3.63, 3.8) is 0 Å². The molecular weight excluding hydrogens is 248 g/mol. The Morgan fingerprint density at radius 1 is 1.05 bits per heavy atom. The van der Waals surface area contributed by atoms with Gasteiger partial charge in [-0.3, -0.25) is 0 Å². The third kappa shape index (κ3) is 4.08. The molecule has 0 spiro atoms. The topological polar surface area (TPSA) is 30.7 Å². The lowest BCUT2D eigenvalue weighted by Crippen LogP contribution is -2.29. The fraction of sp³-hybridized carbons (Fsp3) is 0.500. The van der Waals surface area contributed by atoms with Gasteiger partial charge in [0.1, 0.15) is 7.05 Å². The molecule has 20 heavy (non-hydrogen) atoms. The van der Waals surface area contributed by atoms with Crippen LogP contribution >= 0.6 is 0 Å². The third-order valence-electron chi connectivity index (χ3n) is 3.46. The van der Waals surface area contributed by atoms with Crippen molar-refractivity contribution in [2.24, 2.45) is 10.2 Å². The smallest absolute Gasteiger partial charge is 0.150 e. The fourth-order valence-corrected chi connectivity index (χ4v) is 2.25. The zero-order chi connectivity index (χ0) is 14.2. The van der Waals surface area contributed by atoms with E-state index in [1.165, 1.54) is 25.7 Å². The highest BCUT2D eigenvalue weighted by molar-refractivity contribution is 6.11. The highest BCUT2D eigenvalue weighted by Crippen LogP contribution is 2.12. The van der Waals surface area contributed by atoms with Crippen LogP contribution in [0.15, 0.2) is 40.6 Å². The van der Waals surface area contributed by atoms with Gasteiger partial charge in [-0.25, -0.2) is 0 Å². The third-order valence-corrected chi connectivity index (χ3v) is 3.46. The number of benzene rings is 1. The number of rotatable bonds is 7. The Hall–Kier alpha value is -1.84. The van der Waals surface area contributed by atoms with Crippen molar-refractivity contribution >= 4 is 18.1 Å². The van der Waals surface area contributed by atoms with Crippen LogP contribution in [-0.4, -0.2) is 41.5 Å². The summed E-state index contributed by atoms with van der Waals surface area (Å²) >= 11 is 0.